The maximum Gasteiger partial charge on any atom is 0.239 e. The predicted molar refractivity (Wildman–Crippen MR) is 78.2 cm³/mol. The van der Waals surface area contributed by atoms with E-state index in [1.54, 1.807) is 32.0 Å². The van der Waals surface area contributed by atoms with Crippen molar-refractivity contribution in [1.82, 2.24) is 0 Å². The minimum atomic E-state index is -0.692. The molecule has 1 saturated heterocycles. The van der Waals surface area contributed by atoms with E-state index in [-0.39, 0.29) is 28.2 Å². The van der Waals surface area contributed by atoms with Gasteiger partial charge in [-0.1, -0.05) is 37.7 Å². The van der Waals surface area contributed by atoms with E-state index in [0.29, 0.717) is 11.3 Å². The first-order valence-corrected chi connectivity index (χ1v) is 6.49. The Morgan fingerprint density at radius 3 is 2.47 bits per heavy atom. The molecule has 2 N–H and O–H groups in total. The molecule has 100 valence electrons. The van der Waals surface area contributed by atoms with E-state index in [1.807, 2.05) is 0 Å². The lowest BCUT2D eigenvalue weighted by molar-refractivity contribution is -0.124. The van der Waals surface area contributed by atoms with Crippen molar-refractivity contribution in [2.24, 2.45) is 11.1 Å². The van der Waals surface area contributed by atoms with E-state index in [1.165, 1.54) is 0 Å². The van der Waals surface area contributed by atoms with Crippen LogP contribution in [0.15, 0.2) is 18.2 Å². The number of imide groups is 1. The Labute approximate surface area is 121 Å². The minimum absolute atomic E-state index is 0.180. The summed E-state index contributed by atoms with van der Waals surface area (Å²) in [5.41, 5.74) is 5.79. The molecule has 0 spiro atoms. The summed E-state index contributed by atoms with van der Waals surface area (Å²) in [4.78, 5) is 25.5. The molecule has 0 bridgehead atoms. The average molecular weight is 297 g/mol. The van der Waals surface area contributed by atoms with Crippen LogP contribution in [0.1, 0.15) is 25.8 Å². The zero-order valence-corrected chi connectivity index (χ0v) is 12.1. The molecule has 2 rings (SSSR count). The standard InChI is InChI=1S/C13H13ClN2O2S/c1-13(2)6-10(17)16(12(13)18)9-4-3-7(11(15)19)5-8(9)14/h3-5H,6H2,1-2H3,(H2,15,19). The Balaban J connectivity index is 2.46. The number of benzene rings is 1. The van der Waals surface area contributed by atoms with Gasteiger partial charge in [0.25, 0.3) is 0 Å². The van der Waals surface area contributed by atoms with E-state index in [9.17, 15) is 9.59 Å². The third-order valence-corrected chi connectivity index (χ3v) is 3.64. The summed E-state index contributed by atoms with van der Waals surface area (Å²) in [7, 11) is 0. The molecule has 0 aliphatic carbocycles. The van der Waals surface area contributed by atoms with Gasteiger partial charge in [-0.3, -0.25) is 9.59 Å². The van der Waals surface area contributed by atoms with Gasteiger partial charge in [0, 0.05) is 12.0 Å². The first-order chi connectivity index (χ1) is 8.74. The summed E-state index contributed by atoms with van der Waals surface area (Å²) in [6.07, 6.45) is 0.180. The molecular formula is C13H13ClN2O2S. The molecular weight excluding hydrogens is 284 g/mol. The molecule has 1 heterocycles. The van der Waals surface area contributed by atoms with E-state index in [2.05, 4.69) is 0 Å². The van der Waals surface area contributed by atoms with Crippen LogP contribution in [0, 0.1) is 5.41 Å². The molecule has 1 aliphatic heterocycles. The van der Waals surface area contributed by atoms with Crippen molar-refractivity contribution in [3.8, 4) is 0 Å². The highest BCUT2D eigenvalue weighted by molar-refractivity contribution is 7.80. The van der Waals surface area contributed by atoms with Crippen LogP contribution in [0.4, 0.5) is 5.69 Å². The predicted octanol–water partition coefficient (Wildman–Crippen LogP) is 2.26. The van der Waals surface area contributed by atoms with Crippen molar-refractivity contribution in [3.63, 3.8) is 0 Å². The van der Waals surface area contributed by atoms with Crippen LogP contribution < -0.4 is 10.6 Å². The molecule has 4 nitrogen and oxygen atoms in total. The highest BCUT2D eigenvalue weighted by Crippen LogP contribution is 2.38. The SMILES string of the molecule is CC1(C)CC(=O)N(c2ccc(C(N)=S)cc2Cl)C1=O. The lowest BCUT2D eigenvalue weighted by Crippen LogP contribution is -2.33. The fraction of sp³-hybridized carbons (Fsp3) is 0.308. The van der Waals surface area contributed by atoms with E-state index < -0.39 is 5.41 Å². The van der Waals surface area contributed by atoms with Gasteiger partial charge in [-0.05, 0) is 18.2 Å². The Hall–Kier alpha value is -1.46. The molecule has 2 amide bonds. The van der Waals surface area contributed by atoms with Gasteiger partial charge in [0.05, 0.1) is 16.1 Å². The van der Waals surface area contributed by atoms with Crippen LogP contribution in [0.3, 0.4) is 0 Å². The monoisotopic (exact) mass is 296 g/mol. The number of carbonyl (C=O) groups excluding carboxylic acids is 2. The van der Waals surface area contributed by atoms with Crippen molar-refractivity contribution in [2.75, 3.05) is 4.90 Å². The Bertz CT molecular complexity index is 598. The number of nitrogens with two attached hydrogens (primary N) is 1. The minimum Gasteiger partial charge on any atom is -0.389 e. The number of rotatable bonds is 2. The summed E-state index contributed by atoms with van der Waals surface area (Å²) in [6, 6.07) is 4.80. The topological polar surface area (TPSA) is 63.4 Å². The first kappa shape index (κ1) is 14.0. The molecule has 1 aliphatic rings. The molecule has 0 atom stereocenters. The van der Waals surface area contributed by atoms with Crippen LogP contribution in [0.5, 0.6) is 0 Å². The number of hydrogen-bond acceptors (Lipinski definition) is 3. The highest BCUT2D eigenvalue weighted by atomic mass is 35.5. The fourth-order valence-electron chi connectivity index (χ4n) is 2.03. The van der Waals surface area contributed by atoms with E-state index in [4.69, 9.17) is 29.6 Å². The number of amides is 2. The Morgan fingerprint density at radius 2 is 2.05 bits per heavy atom. The van der Waals surface area contributed by atoms with Gasteiger partial charge in [-0.15, -0.1) is 0 Å². The average Bonchev–Trinajstić information content (AvgIpc) is 2.49. The van der Waals surface area contributed by atoms with Gasteiger partial charge in [0.1, 0.15) is 4.99 Å². The van der Waals surface area contributed by atoms with Gasteiger partial charge in [-0.2, -0.15) is 0 Å². The Morgan fingerprint density at radius 1 is 1.42 bits per heavy atom. The van der Waals surface area contributed by atoms with E-state index in [0.717, 1.165) is 4.90 Å². The number of thiocarbonyl (C=S) groups is 1. The van der Waals surface area contributed by atoms with Crippen LogP contribution in [0.2, 0.25) is 5.02 Å². The number of hydrogen-bond donors (Lipinski definition) is 1. The van der Waals surface area contributed by atoms with Crippen molar-refractivity contribution in [3.05, 3.63) is 28.8 Å². The molecule has 19 heavy (non-hydrogen) atoms. The second kappa shape index (κ2) is 4.58. The molecule has 0 unspecified atom stereocenters. The second-order valence-corrected chi connectivity index (χ2v) is 5.97. The quantitative estimate of drug-likeness (QED) is 0.672. The van der Waals surface area contributed by atoms with Crippen molar-refractivity contribution < 1.29 is 9.59 Å². The second-order valence-electron chi connectivity index (χ2n) is 5.13. The molecule has 1 aromatic rings. The van der Waals surface area contributed by atoms with Gasteiger partial charge >= 0.3 is 0 Å². The highest BCUT2D eigenvalue weighted by Gasteiger charge is 2.46. The lowest BCUT2D eigenvalue weighted by Gasteiger charge is -2.19. The summed E-state index contributed by atoms with van der Waals surface area (Å²) in [5, 5.41) is 0.282. The van der Waals surface area contributed by atoms with Gasteiger partial charge in [0.2, 0.25) is 11.8 Å². The molecule has 1 fully saturated rings. The van der Waals surface area contributed by atoms with Gasteiger partial charge in [0.15, 0.2) is 0 Å². The van der Waals surface area contributed by atoms with Crippen molar-refractivity contribution in [2.45, 2.75) is 20.3 Å². The third-order valence-electron chi connectivity index (χ3n) is 3.10. The molecule has 1 aromatic carbocycles. The maximum atomic E-state index is 12.2. The zero-order chi connectivity index (χ0) is 14.4. The maximum absolute atomic E-state index is 12.2. The number of nitrogens with zero attached hydrogens (tertiary/aromatic N) is 1. The Kier molecular flexibility index (Phi) is 3.36. The number of halogens is 1. The van der Waals surface area contributed by atoms with Crippen LogP contribution in [-0.2, 0) is 9.59 Å². The van der Waals surface area contributed by atoms with Gasteiger partial charge < -0.3 is 5.73 Å². The lowest BCUT2D eigenvalue weighted by atomic mass is 9.92. The van der Waals surface area contributed by atoms with Crippen LogP contribution in [-0.4, -0.2) is 16.8 Å². The van der Waals surface area contributed by atoms with E-state index >= 15 is 0 Å². The summed E-state index contributed by atoms with van der Waals surface area (Å²) in [5.74, 6) is -0.498. The summed E-state index contributed by atoms with van der Waals surface area (Å²) >= 11 is 11.0. The molecule has 0 saturated carbocycles. The third kappa shape index (κ3) is 2.35. The zero-order valence-electron chi connectivity index (χ0n) is 10.6. The fourth-order valence-corrected chi connectivity index (χ4v) is 2.43. The normalized spacial score (nSPS) is 17.9. The largest absolute Gasteiger partial charge is 0.389 e. The van der Waals surface area contributed by atoms with Crippen LogP contribution in [0.25, 0.3) is 0 Å². The number of carbonyl (C=O) groups is 2. The molecule has 0 aromatic heterocycles. The van der Waals surface area contributed by atoms with Crippen molar-refractivity contribution in [1.29, 1.82) is 0 Å². The van der Waals surface area contributed by atoms with Crippen molar-refractivity contribution >= 4 is 46.3 Å². The van der Waals surface area contributed by atoms with Crippen LogP contribution >= 0.6 is 23.8 Å². The number of anilines is 1. The van der Waals surface area contributed by atoms with Gasteiger partial charge in [-0.25, -0.2) is 4.90 Å². The summed E-state index contributed by atoms with van der Waals surface area (Å²) < 4.78 is 0. The summed E-state index contributed by atoms with van der Waals surface area (Å²) in [6.45, 7) is 3.48. The molecule has 6 heteroatoms. The smallest absolute Gasteiger partial charge is 0.239 e. The first-order valence-electron chi connectivity index (χ1n) is 5.71. The molecule has 0 radical (unpaired) electrons.